The highest BCUT2D eigenvalue weighted by molar-refractivity contribution is 5.00. The summed E-state index contributed by atoms with van der Waals surface area (Å²) in [5.41, 5.74) is 0. The summed E-state index contributed by atoms with van der Waals surface area (Å²) >= 11 is 0. The van der Waals surface area contributed by atoms with Crippen molar-refractivity contribution in [3.8, 4) is 0 Å². The molecule has 1 saturated carbocycles. The molecule has 0 spiro atoms. The summed E-state index contributed by atoms with van der Waals surface area (Å²) in [4.78, 5) is 0. The molecule has 11 nitrogen and oxygen atoms in total. The van der Waals surface area contributed by atoms with E-state index in [-0.39, 0.29) is 6.42 Å². The average Bonchev–Trinajstić information content (AvgIpc) is 2.60. The zero-order chi connectivity index (χ0) is 19.8. The van der Waals surface area contributed by atoms with Crippen molar-refractivity contribution in [2.24, 2.45) is 5.92 Å². The van der Waals surface area contributed by atoms with Gasteiger partial charge in [0.2, 0.25) is 0 Å². The van der Waals surface area contributed by atoms with Crippen LogP contribution in [0.1, 0.15) is 13.3 Å². The summed E-state index contributed by atoms with van der Waals surface area (Å²) in [7, 11) is 0. The van der Waals surface area contributed by atoms with Crippen LogP contribution < -0.4 is 0 Å². The van der Waals surface area contributed by atoms with Crippen LogP contribution in [0.3, 0.4) is 0 Å². The lowest BCUT2D eigenvalue weighted by atomic mass is 9.84. The molecule has 1 heterocycles. The SMILES string of the molecule is CC(O)C[C@H]1[C@@H](OC2[C@H](O)[C@H](O)C(O)[C@H](O)[C@H]2O)O[C@H](CO)[C@@H](O)[C@@H]1O. The molecule has 1 aliphatic carbocycles. The molecular formula is C15H28O11. The lowest BCUT2D eigenvalue weighted by molar-refractivity contribution is -0.332. The van der Waals surface area contributed by atoms with Crippen molar-refractivity contribution in [3.05, 3.63) is 0 Å². The van der Waals surface area contributed by atoms with Gasteiger partial charge < -0.3 is 55.4 Å². The van der Waals surface area contributed by atoms with Crippen LogP contribution in [0, 0.1) is 5.92 Å². The van der Waals surface area contributed by atoms with E-state index >= 15 is 0 Å². The number of aliphatic hydroxyl groups excluding tert-OH is 9. The first-order valence-electron chi connectivity index (χ1n) is 8.46. The van der Waals surface area contributed by atoms with Gasteiger partial charge in [0.05, 0.1) is 18.8 Å². The lowest BCUT2D eigenvalue weighted by Gasteiger charge is -2.47. The topological polar surface area (TPSA) is 201 Å². The fraction of sp³-hybridized carbons (Fsp3) is 1.00. The summed E-state index contributed by atoms with van der Waals surface area (Å²) in [6, 6.07) is 0. The molecule has 2 rings (SSSR count). The zero-order valence-electron chi connectivity index (χ0n) is 14.2. The molecule has 0 aromatic carbocycles. The van der Waals surface area contributed by atoms with Crippen molar-refractivity contribution in [2.45, 2.75) is 80.7 Å². The van der Waals surface area contributed by atoms with E-state index in [1.165, 1.54) is 6.92 Å². The maximum absolute atomic E-state index is 10.3. The van der Waals surface area contributed by atoms with Gasteiger partial charge in [-0.05, 0) is 13.3 Å². The lowest BCUT2D eigenvalue weighted by Crippen LogP contribution is -2.66. The van der Waals surface area contributed by atoms with Crippen LogP contribution in [-0.4, -0.2) is 120 Å². The minimum atomic E-state index is -1.80. The van der Waals surface area contributed by atoms with Gasteiger partial charge in [0.1, 0.15) is 48.8 Å². The largest absolute Gasteiger partial charge is 0.394 e. The first-order valence-corrected chi connectivity index (χ1v) is 8.46. The molecule has 0 bridgehead atoms. The quantitative estimate of drug-likeness (QED) is 0.220. The third-order valence-corrected chi connectivity index (χ3v) is 4.99. The van der Waals surface area contributed by atoms with E-state index in [0.29, 0.717) is 0 Å². The molecule has 26 heavy (non-hydrogen) atoms. The first kappa shape index (κ1) is 21.9. The standard InChI is InChI=1S/C15H28O11/c1-4(17)2-5-7(18)8(19)6(3-16)25-15(5)26-14-12(23)10(21)9(20)11(22)13(14)24/h4-24H,2-3H2,1H3/t4?,5-,6-,7-,8-,9?,10-,11+,12-,13-,14?,15-/m1/s1. The Kier molecular flexibility index (Phi) is 7.32. The molecule has 0 radical (unpaired) electrons. The molecule has 0 aromatic rings. The van der Waals surface area contributed by atoms with Gasteiger partial charge in [0.15, 0.2) is 6.29 Å². The zero-order valence-corrected chi connectivity index (χ0v) is 14.2. The van der Waals surface area contributed by atoms with E-state index in [2.05, 4.69) is 0 Å². The second kappa shape index (κ2) is 8.71. The molecule has 2 fully saturated rings. The van der Waals surface area contributed by atoms with Gasteiger partial charge in [0, 0.05) is 5.92 Å². The number of rotatable bonds is 5. The molecule has 12 atom stereocenters. The van der Waals surface area contributed by atoms with Gasteiger partial charge in [0.25, 0.3) is 0 Å². The van der Waals surface area contributed by atoms with Crippen LogP contribution in [0.5, 0.6) is 0 Å². The van der Waals surface area contributed by atoms with E-state index in [9.17, 15) is 46.0 Å². The molecule has 11 heteroatoms. The molecular weight excluding hydrogens is 356 g/mol. The maximum Gasteiger partial charge on any atom is 0.164 e. The second-order valence-electron chi connectivity index (χ2n) is 7.01. The van der Waals surface area contributed by atoms with Gasteiger partial charge in [-0.2, -0.15) is 0 Å². The summed E-state index contributed by atoms with van der Waals surface area (Å²) < 4.78 is 10.9. The Hall–Kier alpha value is -0.440. The van der Waals surface area contributed by atoms with E-state index in [1.54, 1.807) is 0 Å². The Balaban J connectivity index is 2.22. The van der Waals surface area contributed by atoms with E-state index in [4.69, 9.17) is 9.47 Å². The normalized spacial score (nSPS) is 51.2. The smallest absolute Gasteiger partial charge is 0.164 e. The number of hydrogen-bond acceptors (Lipinski definition) is 11. The van der Waals surface area contributed by atoms with Crippen molar-refractivity contribution >= 4 is 0 Å². The van der Waals surface area contributed by atoms with Crippen LogP contribution in [0.2, 0.25) is 0 Å². The summed E-state index contributed by atoms with van der Waals surface area (Å²) in [5.74, 6) is -0.992. The third kappa shape index (κ3) is 4.18. The van der Waals surface area contributed by atoms with Crippen LogP contribution in [-0.2, 0) is 9.47 Å². The van der Waals surface area contributed by atoms with E-state index in [0.717, 1.165) is 0 Å². The molecule has 3 unspecified atom stereocenters. The second-order valence-corrected chi connectivity index (χ2v) is 7.01. The van der Waals surface area contributed by atoms with Gasteiger partial charge in [-0.3, -0.25) is 0 Å². The van der Waals surface area contributed by atoms with Gasteiger partial charge >= 0.3 is 0 Å². The fourth-order valence-electron chi connectivity index (χ4n) is 3.43. The highest BCUT2D eigenvalue weighted by Crippen LogP contribution is 2.34. The van der Waals surface area contributed by atoms with Crippen molar-refractivity contribution in [2.75, 3.05) is 6.61 Å². The Labute approximate surface area is 149 Å². The van der Waals surface area contributed by atoms with Gasteiger partial charge in [-0.25, -0.2) is 0 Å². The number of hydrogen-bond donors (Lipinski definition) is 9. The highest BCUT2D eigenvalue weighted by Gasteiger charge is 2.52. The number of ether oxygens (including phenoxy) is 2. The predicted molar refractivity (Wildman–Crippen MR) is 82.5 cm³/mol. The molecule has 154 valence electrons. The highest BCUT2D eigenvalue weighted by atomic mass is 16.7. The third-order valence-electron chi connectivity index (χ3n) is 4.99. The van der Waals surface area contributed by atoms with Crippen molar-refractivity contribution in [1.82, 2.24) is 0 Å². The van der Waals surface area contributed by atoms with Crippen molar-refractivity contribution in [3.63, 3.8) is 0 Å². The van der Waals surface area contributed by atoms with Gasteiger partial charge in [-0.15, -0.1) is 0 Å². The molecule has 1 aliphatic heterocycles. The van der Waals surface area contributed by atoms with Crippen molar-refractivity contribution < 1.29 is 55.4 Å². The number of aliphatic hydroxyl groups is 9. The Morgan fingerprint density at radius 1 is 0.808 bits per heavy atom. The summed E-state index contributed by atoms with van der Waals surface area (Å²) in [5, 5.41) is 88.4. The average molecular weight is 384 g/mol. The maximum atomic E-state index is 10.3. The van der Waals surface area contributed by atoms with E-state index < -0.39 is 79.9 Å². The van der Waals surface area contributed by atoms with E-state index in [1.807, 2.05) is 0 Å². The van der Waals surface area contributed by atoms with Crippen LogP contribution in [0.25, 0.3) is 0 Å². The minimum absolute atomic E-state index is 0.0757. The minimum Gasteiger partial charge on any atom is -0.394 e. The van der Waals surface area contributed by atoms with Crippen LogP contribution in [0.4, 0.5) is 0 Å². The predicted octanol–water partition coefficient (Wildman–Crippen LogP) is -4.98. The first-order chi connectivity index (χ1) is 12.1. The van der Waals surface area contributed by atoms with Crippen LogP contribution >= 0.6 is 0 Å². The fourth-order valence-corrected chi connectivity index (χ4v) is 3.43. The molecule has 1 saturated heterocycles. The Bertz CT molecular complexity index is 433. The summed E-state index contributed by atoms with van der Waals surface area (Å²) in [6.45, 7) is 0.779. The van der Waals surface area contributed by atoms with Gasteiger partial charge in [-0.1, -0.05) is 0 Å². The molecule has 0 aromatic heterocycles. The molecule has 9 N–H and O–H groups in total. The summed E-state index contributed by atoms with van der Waals surface area (Å²) in [6.07, 6.45) is -17.1. The molecule has 0 amide bonds. The monoisotopic (exact) mass is 384 g/mol. The Morgan fingerprint density at radius 3 is 1.77 bits per heavy atom. The van der Waals surface area contributed by atoms with Crippen LogP contribution in [0.15, 0.2) is 0 Å². The molecule has 2 aliphatic rings. The van der Waals surface area contributed by atoms with Crippen molar-refractivity contribution in [1.29, 1.82) is 0 Å². The Morgan fingerprint density at radius 2 is 1.31 bits per heavy atom.